The van der Waals surface area contributed by atoms with E-state index in [9.17, 15) is 8.42 Å². The van der Waals surface area contributed by atoms with Crippen molar-refractivity contribution in [2.45, 2.75) is 37.9 Å². The van der Waals surface area contributed by atoms with Gasteiger partial charge in [-0.1, -0.05) is 13.8 Å². The molecule has 0 spiro atoms. The highest BCUT2D eigenvalue weighted by Crippen LogP contribution is 2.31. The third kappa shape index (κ3) is 4.87. The molecule has 116 valence electrons. The number of hydrogen-bond acceptors (Lipinski definition) is 5. The molecule has 2 aromatic heterocycles. The molecule has 21 heavy (non-hydrogen) atoms. The Labute approximate surface area is 141 Å². The molecule has 0 amide bonds. The Bertz CT molecular complexity index is 678. The normalized spacial score (nSPS) is 12.2. The van der Waals surface area contributed by atoms with Crippen LogP contribution in [0.5, 0.6) is 0 Å². The molecule has 0 saturated carbocycles. The van der Waals surface area contributed by atoms with Crippen molar-refractivity contribution in [1.29, 1.82) is 0 Å². The Morgan fingerprint density at radius 3 is 2.71 bits per heavy atom. The molecular formula is C13H17BrN2O2S3. The molecule has 2 heterocycles. The Kier molecular flexibility index (Phi) is 5.98. The summed E-state index contributed by atoms with van der Waals surface area (Å²) in [6.45, 7) is 5.10. The third-order valence-electron chi connectivity index (χ3n) is 2.73. The van der Waals surface area contributed by atoms with Crippen LogP contribution in [0.1, 0.15) is 24.3 Å². The first-order chi connectivity index (χ1) is 9.88. The van der Waals surface area contributed by atoms with Gasteiger partial charge in [-0.3, -0.25) is 0 Å². The van der Waals surface area contributed by atoms with Crippen LogP contribution in [-0.4, -0.2) is 14.5 Å². The first-order valence-electron chi connectivity index (χ1n) is 6.41. The lowest BCUT2D eigenvalue weighted by Gasteiger charge is -2.05. The van der Waals surface area contributed by atoms with E-state index >= 15 is 0 Å². The van der Waals surface area contributed by atoms with Crippen LogP contribution in [0.15, 0.2) is 31.6 Å². The maximum absolute atomic E-state index is 12.3. The minimum absolute atomic E-state index is 0.309. The van der Waals surface area contributed by atoms with E-state index in [1.54, 1.807) is 17.4 Å². The van der Waals surface area contributed by atoms with Crippen molar-refractivity contribution in [2.75, 3.05) is 0 Å². The highest BCUT2D eigenvalue weighted by molar-refractivity contribution is 9.11. The van der Waals surface area contributed by atoms with Gasteiger partial charge in [-0.15, -0.1) is 11.3 Å². The van der Waals surface area contributed by atoms with Gasteiger partial charge < -0.3 is 5.32 Å². The van der Waals surface area contributed by atoms with E-state index < -0.39 is 10.0 Å². The lowest BCUT2D eigenvalue weighted by atomic mass is 10.4. The smallest absolute Gasteiger partial charge is 0.242 e. The number of rotatable bonds is 7. The lowest BCUT2D eigenvalue weighted by molar-refractivity contribution is 0.580. The van der Waals surface area contributed by atoms with Gasteiger partial charge in [0, 0.05) is 24.0 Å². The Morgan fingerprint density at radius 1 is 1.33 bits per heavy atom. The Morgan fingerprint density at radius 2 is 2.10 bits per heavy atom. The van der Waals surface area contributed by atoms with E-state index in [2.05, 4.69) is 39.8 Å². The van der Waals surface area contributed by atoms with Crippen LogP contribution in [0, 0.1) is 0 Å². The number of halogens is 1. The van der Waals surface area contributed by atoms with Crippen molar-refractivity contribution in [2.24, 2.45) is 0 Å². The number of hydrogen-bond donors (Lipinski definition) is 2. The first-order valence-corrected chi connectivity index (χ1v) is 10.4. The van der Waals surface area contributed by atoms with Gasteiger partial charge in [-0.2, -0.15) is 11.3 Å². The average Bonchev–Trinajstić information content (AvgIpc) is 3.03. The molecule has 4 nitrogen and oxygen atoms in total. The largest absolute Gasteiger partial charge is 0.310 e. The molecule has 2 N–H and O–H groups in total. The van der Waals surface area contributed by atoms with Gasteiger partial charge in [0.2, 0.25) is 10.0 Å². The average molecular weight is 409 g/mol. The van der Waals surface area contributed by atoms with Crippen LogP contribution in [0.25, 0.3) is 0 Å². The number of thiophene rings is 2. The summed E-state index contributed by atoms with van der Waals surface area (Å²) < 4.78 is 28.0. The fourth-order valence-electron chi connectivity index (χ4n) is 1.62. The standard InChI is InChI=1S/C13H17BrN2O2S3/c1-9(2)15-7-11-5-12(13(14)20-11)21(17,18)16-6-10-3-4-19-8-10/h3-5,8-9,15-16H,6-7H2,1-2H3. The molecule has 0 aliphatic heterocycles. The van der Waals surface area contributed by atoms with E-state index in [-0.39, 0.29) is 0 Å². The Hall–Kier alpha value is -0.250. The van der Waals surface area contributed by atoms with Gasteiger partial charge in [0.25, 0.3) is 0 Å². The van der Waals surface area contributed by atoms with Crippen LogP contribution in [-0.2, 0) is 23.1 Å². The second kappa shape index (κ2) is 7.34. The van der Waals surface area contributed by atoms with E-state index in [4.69, 9.17) is 0 Å². The lowest BCUT2D eigenvalue weighted by Crippen LogP contribution is -2.23. The van der Waals surface area contributed by atoms with Crippen molar-refractivity contribution in [3.05, 3.63) is 37.1 Å². The monoisotopic (exact) mass is 408 g/mol. The molecular weight excluding hydrogens is 392 g/mol. The maximum Gasteiger partial charge on any atom is 0.242 e. The van der Waals surface area contributed by atoms with Crippen LogP contribution >= 0.6 is 38.6 Å². The van der Waals surface area contributed by atoms with Crippen LogP contribution in [0.4, 0.5) is 0 Å². The molecule has 0 aromatic carbocycles. The quantitative estimate of drug-likeness (QED) is 0.736. The summed E-state index contributed by atoms with van der Waals surface area (Å²) in [7, 11) is -3.49. The molecule has 0 radical (unpaired) electrons. The summed E-state index contributed by atoms with van der Waals surface area (Å²) in [5.41, 5.74) is 0.969. The van der Waals surface area contributed by atoms with Gasteiger partial charge in [0.05, 0.1) is 3.79 Å². The van der Waals surface area contributed by atoms with E-state index in [0.29, 0.717) is 27.8 Å². The molecule has 0 fully saturated rings. The summed E-state index contributed by atoms with van der Waals surface area (Å²) in [6, 6.07) is 4.00. The second-order valence-electron chi connectivity index (χ2n) is 4.84. The SMILES string of the molecule is CC(C)NCc1cc(S(=O)(=O)NCc2ccsc2)c(Br)s1. The molecule has 0 aliphatic carbocycles. The third-order valence-corrected chi connectivity index (χ3v) is 7.11. The van der Waals surface area contributed by atoms with Crippen LogP contribution in [0.3, 0.4) is 0 Å². The summed E-state index contributed by atoms with van der Waals surface area (Å²) >= 11 is 6.35. The molecule has 0 bridgehead atoms. The van der Waals surface area contributed by atoms with Crippen molar-refractivity contribution in [3.63, 3.8) is 0 Å². The van der Waals surface area contributed by atoms with Gasteiger partial charge in [-0.05, 0) is 44.4 Å². The van der Waals surface area contributed by atoms with Gasteiger partial charge in [0.1, 0.15) is 4.90 Å². The zero-order valence-electron chi connectivity index (χ0n) is 11.7. The van der Waals surface area contributed by atoms with Crippen LogP contribution in [0.2, 0.25) is 0 Å². The molecule has 0 atom stereocenters. The van der Waals surface area contributed by atoms with Crippen molar-refractivity contribution >= 4 is 48.6 Å². The zero-order valence-corrected chi connectivity index (χ0v) is 15.8. The van der Waals surface area contributed by atoms with Crippen molar-refractivity contribution in [3.8, 4) is 0 Å². The van der Waals surface area contributed by atoms with E-state index in [0.717, 1.165) is 10.4 Å². The fraction of sp³-hybridized carbons (Fsp3) is 0.385. The van der Waals surface area contributed by atoms with Gasteiger partial charge >= 0.3 is 0 Å². The van der Waals surface area contributed by atoms with Crippen LogP contribution < -0.4 is 10.0 Å². The summed E-state index contributed by atoms with van der Waals surface area (Å²) in [4.78, 5) is 1.30. The molecule has 2 aromatic rings. The highest BCUT2D eigenvalue weighted by atomic mass is 79.9. The molecule has 0 saturated heterocycles. The summed E-state index contributed by atoms with van der Waals surface area (Å²) in [6.07, 6.45) is 0. The minimum Gasteiger partial charge on any atom is -0.310 e. The maximum atomic E-state index is 12.3. The fourth-order valence-corrected chi connectivity index (χ4v) is 5.94. The van der Waals surface area contributed by atoms with Gasteiger partial charge in [0.15, 0.2) is 0 Å². The first kappa shape index (κ1) is 17.1. The number of sulfonamides is 1. The predicted molar refractivity (Wildman–Crippen MR) is 92.3 cm³/mol. The second-order valence-corrected chi connectivity index (χ2v) is 9.81. The van der Waals surface area contributed by atoms with Crippen molar-refractivity contribution in [1.82, 2.24) is 10.0 Å². The molecule has 0 aliphatic rings. The van der Waals surface area contributed by atoms with Gasteiger partial charge in [-0.25, -0.2) is 13.1 Å². The zero-order chi connectivity index (χ0) is 15.5. The molecule has 8 heteroatoms. The molecule has 0 unspecified atom stereocenters. The van der Waals surface area contributed by atoms with E-state index in [1.807, 2.05) is 16.8 Å². The Balaban J connectivity index is 2.08. The van der Waals surface area contributed by atoms with Crippen molar-refractivity contribution < 1.29 is 8.42 Å². The highest BCUT2D eigenvalue weighted by Gasteiger charge is 2.20. The van der Waals surface area contributed by atoms with E-state index in [1.165, 1.54) is 11.3 Å². The minimum atomic E-state index is -3.49. The molecule has 2 rings (SSSR count). The summed E-state index contributed by atoms with van der Waals surface area (Å²) in [5.74, 6) is 0. The summed E-state index contributed by atoms with van der Waals surface area (Å²) in [5, 5.41) is 7.15. The topological polar surface area (TPSA) is 58.2 Å². The number of nitrogens with one attached hydrogen (secondary N) is 2. The predicted octanol–water partition coefficient (Wildman–Crippen LogP) is 3.55.